The number of hydrogen-bond acceptors (Lipinski definition) is 4. The average Bonchev–Trinajstić information content (AvgIpc) is 3.03. The number of ether oxygens (including phenoxy) is 1. The number of rotatable bonds is 4. The van der Waals surface area contributed by atoms with Crippen LogP contribution >= 0.6 is 24.0 Å². The van der Waals surface area contributed by atoms with E-state index in [0.29, 0.717) is 32.2 Å². The summed E-state index contributed by atoms with van der Waals surface area (Å²) in [5.41, 5.74) is 7.12. The molecule has 0 spiro atoms. The van der Waals surface area contributed by atoms with Crippen molar-refractivity contribution in [2.45, 2.75) is 18.9 Å². The van der Waals surface area contributed by atoms with E-state index < -0.39 is 10.0 Å². The predicted molar refractivity (Wildman–Crippen MR) is 109 cm³/mol. The first-order valence-corrected chi connectivity index (χ1v) is 10.0. The number of hydrogen-bond donors (Lipinski definition) is 2. The van der Waals surface area contributed by atoms with Gasteiger partial charge >= 0.3 is 0 Å². The van der Waals surface area contributed by atoms with E-state index in [1.165, 1.54) is 10.6 Å². The van der Waals surface area contributed by atoms with E-state index in [1.54, 1.807) is 0 Å². The molecule has 2 unspecified atom stereocenters. The van der Waals surface area contributed by atoms with Gasteiger partial charge in [0.1, 0.15) is 5.75 Å². The summed E-state index contributed by atoms with van der Waals surface area (Å²) in [7, 11) is -3.11. The largest absolute Gasteiger partial charge is 0.493 e. The summed E-state index contributed by atoms with van der Waals surface area (Å²) in [6.45, 7) is 2.28. The first-order chi connectivity index (χ1) is 11.4. The molecule has 7 nitrogen and oxygen atoms in total. The summed E-state index contributed by atoms with van der Waals surface area (Å²) in [6, 6.07) is 8.00. The Kier molecular flexibility index (Phi) is 6.92. The molecule has 0 saturated carbocycles. The van der Waals surface area contributed by atoms with Gasteiger partial charge in [-0.15, -0.1) is 24.0 Å². The molecular weight excluding hydrogens is 455 g/mol. The van der Waals surface area contributed by atoms with Gasteiger partial charge in [-0.3, -0.25) is 4.99 Å². The Morgan fingerprint density at radius 3 is 2.88 bits per heavy atom. The molecule has 0 aliphatic carbocycles. The smallest absolute Gasteiger partial charge is 0.211 e. The number of nitrogens with zero attached hydrogens (tertiary/aromatic N) is 2. The number of nitrogens with one attached hydrogen (secondary N) is 1. The van der Waals surface area contributed by atoms with E-state index in [-0.39, 0.29) is 35.9 Å². The molecule has 140 valence electrons. The molecule has 0 aromatic heterocycles. The molecule has 1 aromatic rings. The van der Waals surface area contributed by atoms with Crippen molar-refractivity contribution in [3.05, 3.63) is 29.8 Å². The highest BCUT2D eigenvalue weighted by Gasteiger charge is 2.28. The molecule has 0 amide bonds. The summed E-state index contributed by atoms with van der Waals surface area (Å²) >= 11 is 0. The zero-order chi connectivity index (χ0) is 17.2. The molecule has 2 heterocycles. The number of benzene rings is 1. The number of aliphatic imine (C=N–C) groups is 1. The highest BCUT2D eigenvalue weighted by atomic mass is 127. The van der Waals surface area contributed by atoms with Crippen molar-refractivity contribution in [3.63, 3.8) is 0 Å². The van der Waals surface area contributed by atoms with Crippen LogP contribution < -0.4 is 15.8 Å². The molecular formula is C16H25IN4O3S. The molecule has 2 aliphatic heterocycles. The van der Waals surface area contributed by atoms with E-state index in [9.17, 15) is 8.42 Å². The number of guanidine groups is 1. The molecule has 0 bridgehead atoms. The molecule has 1 fully saturated rings. The standard InChI is InChI=1S/C16H24N4O3S.HI/c1-24(21,22)20-8-6-12(11-20)10-18-16(17)19-14-7-9-23-15-5-3-2-4-13(14)15;/h2-5,12,14H,6-11H2,1H3,(H3,17,18,19);1H. The van der Waals surface area contributed by atoms with Crippen LogP contribution in [0.5, 0.6) is 5.75 Å². The number of nitrogens with two attached hydrogens (primary N) is 1. The minimum atomic E-state index is -3.11. The van der Waals surface area contributed by atoms with Crippen LogP contribution in [0.15, 0.2) is 29.3 Å². The predicted octanol–water partition coefficient (Wildman–Crippen LogP) is 1.31. The molecule has 1 saturated heterocycles. The summed E-state index contributed by atoms with van der Waals surface area (Å²) < 4.78 is 30.2. The number of sulfonamides is 1. The van der Waals surface area contributed by atoms with Crippen LogP contribution in [-0.2, 0) is 10.0 Å². The molecule has 2 atom stereocenters. The minimum absolute atomic E-state index is 0. The van der Waals surface area contributed by atoms with Crippen LogP contribution in [0.3, 0.4) is 0 Å². The van der Waals surface area contributed by atoms with Crippen molar-refractivity contribution < 1.29 is 13.2 Å². The average molecular weight is 480 g/mol. The maximum atomic E-state index is 11.5. The zero-order valence-electron chi connectivity index (χ0n) is 14.2. The lowest BCUT2D eigenvalue weighted by Crippen LogP contribution is -2.37. The van der Waals surface area contributed by atoms with Crippen LogP contribution in [0, 0.1) is 5.92 Å². The van der Waals surface area contributed by atoms with Crippen LogP contribution in [-0.4, -0.2) is 51.2 Å². The van der Waals surface area contributed by atoms with Gasteiger partial charge in [-0.1, -0.05) is 18.2 Å². The maximum Gasteiger partial charge on any atom is 0.211 e. The Balaban J connectivity index is 0.00000225. The number of para-hydroxylation sites is 1. The Hall–Kier alpha value is -1.07. The van der Waals surface area contributed by atoms with Crippen LogP contribution in [0.2, 0.25) is 0 Å². The van der Waals surface area contributed by atoms with Crippen molar-refractivity contribution in [2.24, 2.45) is 16.6 Å². The first kappa shape index (κ1) is 20.2. The second-order valence-corrected chi connectivity index (χ2v) is 8.36. The molecule has 9 heteroatoms. The highest BCUT2D eigenvalue weighted by molar-refractivity contribution is 14.0. The van der Waals surface area contributed by atoms with Gasteiger partial charge in [-0.25, -0.2) is 12.7 Å². The summed E-state index contributed by atoms with van der Waals surface area (Å²) in [4.78, 5) is 4.41. The fourth-order valence-electron chi connectivity index (χ4n) is 3.19. The zero-order valence-corrected chi connectivity index (χ0v) is 17.4. The third kappa shape index (κ3) is 5.20. The van der Waals surface area contributed by atoms with Gasteiger partial charge < -0.3 is 15.8 Å². The van der Waals surface area contributed by atoms with E-state index in [4.69, 9.17) is 10.5 Å². The van der Waals surface area contributed by atoms with Crippen molar-refractivity contribution >= 4 is 40.0 Å². The normalized spacial score (nSPS) is 24.1. The topological polar surface area (TPSA) is 97.0 Å². The first-order valence-electron chi connectivity index (χ1n) is 8.17. The van der Waals surface area contributed by atoms with Crippen LogP contribution in [0.1, 0.15) is 24.4 Å². The third-order valence-corrected chi connectivity index (χ3v) is 5.79. The van der Waals surface area contributed by atoms with E-state index in [1.807, 2.05) is 24.3 Å². The molecule has 0 radical (unpaired) electrons. The lowest BCUT2D eigenvalue weighted by molar-refractivity contribution is 0.262. The third-order valence-electron chi connectivity index (χ3n) is 4.52. The highest BCUT2D eigenvalue weighted by Crippen LogP contribution is 2.31. The monoisotopic (exact) mass is 480 g/mol. The quantitative estimate of drug-likeness (QED) is 0.385. The second kappa shape index (κ2) is 8.54. The summed E-state index contributed by atoms with van der Waals surface area (Å²) in [5.74, 6) is 1.50. The molecule has 3 rings (SSSR count). The fourth-order valence-corrected chi connectivity index (χ4v) is 4.11. The van der Waals surface area contributed by atoms with Crippen molar-refractivity contribution in [1.29, 1.82) is 0 Å². The van der Waals surface area contributed by atoms with Gasteiger partial charge in [0, 0.05) is 31.6 Å². The number of halogens is 1. The van der Waals surface area contributed by atoms with Gasteiger partial charge in [0.15, 0.2) is 5.96 Å². The second-order valence-electron chi connectivity index (χ2n) is 6.37. The molecule has 1 aromatic carbocycles. The Morgan fingerprint density at radius 2 is 2.16 bits per heavy atom. The van der Waals surface area contributed by atoms with Gasteiger partial charge in [0.2, 0.25) is 10.0 Å². The molecule has 3 N–H and O–H groups in total. The minimum Gasteiger partial charge on any atom is -0.493 e. The maximum absolute atomic E-state index is 11.5. The Morgan fingerprint density at radius 1 is 1.40 bits per heavy atom. The van der Waals surface area contributed by atoms with Gasteiger partial charge in [-0.2, -0.15) is 0 Å². The SMILES string of the molecule is CS(=O)(=O)N1CCC(CN=C(N)NC2CCOc3ccccc32)C1.I. The lowest BCUT2D eigenvalue weighted by atomic mass is 10.0. The van der Waals surface area contributed by atoms with E-state index >= 15 is 0 Å². The van der Waals surface area contributed by atoms with Crippen molar-refractivity contribution in [3.8, 4) is 5.75 Å². The van der Waals surface area contributed by atoms with Gasteiger partial charge in [0.05, 0.1) is 18.9 Å². The van der Waals surface area contributed by atoms with Crippen molar-refractivity contribution in [1.82, 2.24) is 9.62 Å². The molecule has 25 heavy (non-hydrogen) atoms. The Bertz CT molecular complexity index is 726. The van der Waals surface area contributed by atoms with E-state index in [2.05, 4.69) is 10.3 Å². The summed E-state index contributed by atoms with van der Waals surface area (Å²) in [5, 5.41) is 3.26. The van der Waals surface area contributed by atoms with E-state index in [0.717, 1.165) is 24.2 Å². The van der Waals surface area contributed by atoms with Gasteiger partial charge in [0.25, 0.3) is 0 Å². The van der Waals surface area contributed by atoms with Crippen molar-refractivity contribution in [2.75, 3.05) is 32.5 Å². The van der Waals surface area contributed by atoms with Crippen LogP contribution in [0.25, 0.3) is 0 Å². The number of fused-ring (bicyclic) bond motifs is 1. The molecule has 2 aliphatic rings. The van der Waals surface area contributed by atoms with Crippen LogP contribution in [0.4, 0.5) is 0 Å². The Labute approximate surface area is 166 Å². The summed E-state index contributed by atoms with van der Waals surface area (Å²) in [6.07, 6.45) is 2.90. The lowest BCUT2D eigenvalue weighted by Gasteiger charge is -2.27. The fraction of sp³-hybridized carbons (Fsp3) is 0.562. The van der Waals surface area contributed by atoms with Gasteiger partial charge in [-0.05, 0) is 18.4 Å².